The first kappa shape index (κ1) is 13.5. The molecule has 0 atom stereocenters. The summed E-state index contributed by atoms with van der Waals surface area (Å²) >= 11 is 3.29. The Labute approximate surface area is 119 Å². The average Bonchev–Trinajstić information content (AvgIpc) is 2.45. The maximum absolute atomic E-state index is 11.9. The molecule has 2 aromatic heterocycles. The van der Waals surface area contributed by atoms with Crippen molar-refractivity contribution in [2.24, 2.45) is 0 Å². The van der Waals surface area contributed by atoms with Crippen LogP contribution in [0.3, 0.4) is 0 Å². The minimum Gasteiger partial charge on any atom is -0.481 e. The van der Waals surface area contributed by atoms with Gasteiger partial charge in [0.2, 0.25) is 5.88 Å². The molecule has 2 aromatic rings. The van der Waals surface area contributed by atoms with Crippen LogP contribution < -0.4 is 10.1 Å². The van der Waals surface area contributed by atoms with E-state index in [1.54, 1.807) is 37.7 Å². The maximum Gasteiger partial charge on any atom is 0.271 e. The minimum absolute atomic E-state index is 0.233. The summed E-state index contributed by atoms with van der Waals surface area (Å²) in [5.41, 5.74) is 1.27. The van der Waals surface area contributed by atoms with Crippen molar-refractivity contribution in [3.05, 3.63) is 52.4 Å². The highest BCUT2D eigenvalue weighted by atomic mass is 79.9. The molecule has 1 N–H and O–H groups in total. The number of aromatic nitrogens is 2. The molecule has 0 unspecified atom stereocenters. The molecule has 0 saturated carbocycles. The van der Waals surface area contributed by atoms with Gasteiger partial charge in [-0.15, -0.1) is 0 Å². The molecule has 5 nitrogen and oxygen atoms in total. The molecule has 0 radical (unpaired) electrons. The van der Waals surface area contributed by atoms with Gasteiger partial charge in [0.1, 0.15) is 5.69 Å². The van der Waals surface area contributed by atoms with Crippen molar-refractivity contribution < 1.29 is 9.53 Å². The van der Waals surface area contributed by atoms with Gasteiger partial charge in [-0.05, 0) is 39.7 Å². The van der Waals surface area contributed by atoms with Crippen molar-refractivity contribution in [2.75, 3.05) is 7.11 Å². The Morgan fingerprint density at radius 2 is 2.21 bits per heavy atom. The summed E-state index contributed by atoms with van der Waals surface area (Å²) in [6.07, 6.45) is 3.21. The number of methoxy groups -OCH3 is 1. The first-order valence-corrected chi connectivity index (χ1v) is 6.37. The Kier molecular flexibility index (Phi) is 4.46. The van der Waals surface area contributed by atoms with Crippen LogP contribution in [0.4, 0.5) is 0 Å². The van der Waals surface area contributed by atoms with Gasteiger partial charge in [0.05, 0.1) is 7.11 Å². The van der Waals surface area contributed by atoms with Crippen molar-refractivity contribution in [2.45, 2.75) is 6.54 Å². The predicted octanol–water partition coefficient (Wildman–Crippen LogP) is 2.18. The standard InChI is InChI=1S/C13H12BrN3O2/c1-19-11-7-9(4-6-15-11)8-17-13(18)12-10(14)3-2-5-16-12/h2-7H,8H2,1H3,(H,17,18). The molecular formula is C13H12BrN3O2. The summed E-state index contributed by atoms with van der Waals surface area (Å²) in [7, 11) is 1.55. The monoisotopic (exact) mass is 321 g/mol. The molecule has 98 valence electrons. The molecule has 0 saturated heterocycles. The summed E-state index contributed by atoms with van der Waals surface area (Å²) < 4.78 is 5.69. The zero-order chi connectivity index (χ0) is 13.7. The third-order valence-electron chi connectivity index (χ3n) is 2.44. The lowest BCUT2D eigenvalue weighted by atomic mass is 10.2. The Hall–Kier alpha value is -1.95. The van der Waals surface area contributed by atoms with Gasteiger partial charge in [-0.3, -0.25) is 4.79 Å². The lowest BCUT2D eigenvalue weighted by Crippen LogP contribution is -2.24. The molecule has 2 heterocycles. The molecule has 19 heavy (non-hydrogen) atoms. The summed E-state index contributed by atoms with van der Waals surface area (Å²) in [6.45, 7) is 0.390. The van der Waals surface area contributed by atoms with Crippen LogP contribution in [-0.4, -0.2) is 23.0 Å². The van der Waals surface area contributed by atoms with Crippen LogP contribution in [0.2, 0.25) is 0 Å². The summed E-state index contributed by atoms with van der Waals surface area (Å²) in [6, 6.07) is 7.12. The highest BCUT2D eigenvalue weighted by Gasteiger charge is 2.10. The van der Waals surface area contributed by atoms with E-state index in [1.165, 1.54) is 0 Å². The molecule has 0 bridgehead atoms. The van der Waals surface area contributed by atoms with Crippen LogP contribution in [-0.2, 0) is 6.54 Å². The molecule has 0 aliphatic heterocycles. The van der Waals surface area contributed by atoms with E-state index in [4.69, 9.17) is 4.74 Å². The molecule has 0 fully saturated rings. The number of pyridine rings is 2. The van der Waals surface area contributed by atoms with Crippen LogP contribution >= 0.6 is 15.9 Å². The fourth-order valence-electron chi connectivity index (χ4n) is 1.49. The number of carbonyl (C=O) groups is 1. The molecule has 1 amide bonds. The summed E-state index contributed by atoms with van der Waals surface area (Å²) in [5, 5.41) is 2.79. The van der Waals surface area contributed by atoms with Crippen LogP contribution in [0.15, 0.2) is 41.1 Å². The van der Waals surface area contributed by atoms with E-state index in [2.05, 4.69) is 31.2 Å². The minimum atomic E-state index is -0.233. The maximum atomic E-state index is 11.9. The SMILES string of the molecule is COc1cc(CNC(=O)c2ncccc2Br)ccn1. The number of nitrogens with one attached hydrogen (secondary N) is 1. The summed E-state index contributed by atoms with van der Waals surface area (Å²) in [5.74, 6) is 0.286. The lowest BCUT2D eigenvalue weighted by Gasteiger charge is -2.07. The van der Waals surface area contributed by atoms with E-state index < -0.39 is 0 Å². The van der Waals surface area contributed by atoms with E-state index >= 15 is 0 Å². The van der Waals surface area contributed by atoms with Crippen LogP contribution in [0, 0.1) is 0 Å². The Balaban J connectivity index is 2.02. The number of rotatable bonds is 4. The smallest absolute Gasteiger partial charge is 0.271 e. The molecule has 2 rings (SSSR count). The van der Waals surface area contributed by atoms with E-state index in [0.29, 0.717) is 22.6 Å². The normalized spacial score (nSPS) is 10.0. The second-order valence-electron chi connectivity index (χ2n) is 3.72. The van der Waals surface area contributed by atoms with Gasteiger partial charge < -0.3 is 10.1 Å². The second kappa shape index (κ2) is 6.29. The van der Waals surface area contributed by atoms with Crippen LogP contribution in [0.25, 0.3) is 0 Å². The van der Waals surface area contributed by atoms with Gasteiger partial charge in [-0.2, -0.15) is 0 Å². The average molecular weight is 322 g/mol. The zero-order valence-corrected chi connectivity index (χ0v) is 11.8. The number of carbonyl (C=O) groups excluding carboxylic acids is 1. The molecule has 0 aliphatic carbocycles. The topological polar surface area (TPSA) is 64.1 Å². The third-order valence-corrected chi connectivity index (χ3v) is 3.07. The van der Waals surface area contributed by atoms with Crippen molar-refractivity contribution >= 4 is 21.8 Å². The number of halogens is 1. The second-order valence-corrected chi connectivity index (χ2v) is 4.58. The number of hydrogen-bond donors (Lipinski definition) is 1. The van der Waals surface area contributed by atoms with Crippen LogP contribution in [0.5, 0.6) is 5.88 Å². The first-order valence-electron chi connectivity index (χ1n) is 5.58. The molecule has 0 aromatic carbocycles. The van der Waals surface area contributed by atoms with E-state index in [1.807, 2.05) is 6.07 Å². The van der Waals surface area contributed by atoms with Gasteiger partial charge in [0.15, 0.2) is 0 Å². The van der Waals surface area contributed by atoms with Gasteiger partial charge in [0.25, 0.3) is 5.91 Å². The van der Waals surface area contributed by atoms with Gasteiger partial charge in [-0.1, -0.05) is 0 Å². The van der Waals surface area contributed by atoms with Crippen molar-refractivity contribution in [1.29, 1.82) is 0 Å². The largest absolute Gasteiger partial charge is 0.481 e. The lowest BCUT2D eigenvalue weighted by molar-refractivity contribution is 0.0945. The van der Waals surface area contributed by atoms with Gasteiger partial charge >= 0.3 is 0 Å². The first-order chi connectivity index (χ1) is 9.20. The Morgan fingerprint density at radius 1 is 1.37 bits per heavy atom. The predicted molar refractivity (Wildman–Crippen MR) is 73.9 cm³/mol. The van der Waals surface area contributed by atoms with Gasteiger partial charge in [0, 0.05) is 29.5 Å². The fourth-order valence-corrected chi connectivity index (χ4v) is 1.93. The highest BCUT2D eigenvalue weighted by Crippen LogP contribution is 2.13. The van der Waals surface area contributed by atoms with E-state index in [-0.39, 0.29) is 5.91 Å². The molecule has 0 aliphatic rings. The third kappa shape index (κ3) is 3.51. The number of ether oxygens (including phenoxy) is 1. The summed E-state index contributed by atoms with van der Waals surface area (Å²) in [4.78, 5) is 20.0. The molecular weight excluding hydrogens is 310 g/mol. The number of hydrogen-bond acceptors (Lipinski definition) is 4. The van der Waals surface area contributed by atoms with Crippen LogP contribution in [0.1, 0.15) is 16.1 Å². The Bertz CT molecular complexity index is 590. The quantitative estimate of drug-likeness (QED) is 0.937. The number of nitrogens with zero attached hydrogens (tertiary/aromatic N) is 2. The van der Waals surface area contributed by atoms with Crippen molar-refractivity contribution in [3.8, 4) is 5.88 Å². The van der Waals surface area contributed by atoms with E-state index in [0.717, 1.165) is 5.56 Å². The fraction of sp³-hybridized carbons (Fsp3) is 0.154. The van der Waals surface area contributed by atoms with E-state index in [9.17, 15) is 4.79 Å². The molecule has 6 heteroatoms. The zero-order valence-electron chi connectivity index (χ0n) is 10.3. The molecule has 0 spiro atoms. The number of amides is 1. The van der Waals surface area contributed by atoms with Crippen molar-refractivity contribution in [3.63, 3.8) is 0 Å². The highest BCUT2D eigenvalue weighted by molar-refractivity contribution is 9.10. The van der Waals surface area contributed by atoms with Crippen molar-refractivity contribution in [1.82, 2.24) is 15.3 Å². The van der Waals surface area contributed by atoms with Gasteiger partial charge in [-0.25, -0.2) is 9.97 Å². The Morgan fingerprint density at radius 3 is 2.95 bits per heavy atom.